The van der Waals surface area contributed by atoms with Gasteiger partial charge in [0.15, 0.2) is 0 Å². The molecule has 0 bridgehead atoms. The van der Waals surface area contributed by atoms with Crippen molar-refractivity contribution in [2.24, 2.45) is 0 Å². The molecule has 3 nitrogen and oxygen atoms in total. The van der Waals surface area contributed by atoms with E-state index in [1.54, 1.807) is 11.3 Å². The number of nitrogens with zero attached hydrogens (tertiary/aromatic N) is 1. The molecule has 100 valence electrons. The third-order valence-electron chi connectivity index (χ3n) is 3.73. The van der Waals surface area contributed by atoms with Gasteiger partial charge in [-0.2, -0.15) is 0 Å². The van der Waals surface area contributed by atoms with Gasteiger partial charge >= 0.3 is 0 Å². The lowest BCUT2D eigenvalue weighted by Crippen LogP contribution is -2.41. The summed E-state index contributed by atoms with van der Waals surface area (Å²) in [6.45, 7) is 4.94. The molecule has 1 aliphatic rings. The van der Waals surface area contributed by atoms with Crippen LogP contribution in [0, 0.1) is 13.8 Å². The highest BCUT2D eigenvalue weighted by Gasteiger charge is 2.26. The number of thiophene rings is 1. The predicted molar refractivity (Wildman–Crippen MR) is 74.2 cm³/mol. The Bertz CT molecular complexity index is 408. The molecular formula is C14H21NO2S. The molecule has 1 aromatic rings. The second-order valence-corrected chi connectivity index (χ2v) is 6.29. The molecule has 0 radical (unpaired) electrons. The molecule has 1 N–H and O–H groups in total. The van der Waals surface area contributed by atoms with Crippen LogP contribution in [-0.2, 0) is 0 Å². The number of aliphatic hydroxyl groups is 1. The number of hydrogen-bond donors (Lipinski definition) is 1. The second kappa shape index (κ2) is 5.85. The van der Waals surface area contributed by atoms with Gasteiger partial charge in [-0.05, 0) is 38.3 Å². The number of likely N-dealkylation sites (tertiary alicyclic amines) is 1. The first-order valence-corrected chi connectivity index (χ1v) is 7.44. The number of carbonyl (C=O) groups is 1. The largest absolute Gasteiger partial charge is 0.394 e. The fraction of sp³-hybridized carbons (Fsp3) is 0.643. The topological polar surface area (TPSA) is 40.5 Å². The third-order valence-corrected chi connectivity index (χ3v) is 4.87. The molecule has 0 spiro atoms. The van der Waals surface area contributed by atoms with Gasteiger partial charge in [0.1, 0.15) is 0 Å². The zero-order valence-electron chi connectivity index (χ0n) is 11.1. The number of aryl methyl sites for hydroxylation is 2. The Balaban J connectivity index is 2.19. The van der Waals surface area contributed by atoms with Gasteiger partial charge < -0.3 is 10.0 Å². The summed E-state index contributed by atoms with van der Waals surface area (Å²) in [5.74, 6) is 0.0946. The van der Waals surface area contributed by atoms with Crippen molar-refractivity contribution in [1.29, 1.82) is 0 Å². The van der Waals surface area contributed by atoms with Crippen LogP contribution in [-0.4, -0.2) is 35.1 Å². The van der Waals surface area contributed by atoms with Gasteiger partial charge in [0.05, 0.1) is 17.5 Å². The van der Waals surface area contributed by atoms with Crippen LogP contribution in [0.25, 0.3) is 0 Å². The molecule has 2 rings (SSSR count). The summed E-state index contributed by atoms with van der Waals surface area (Å²) in [5, 5.41) is 9.45. The molecule has 1 fully saturated rings. The summed E-state index contributed by atoms with van der Waals surface area (Å²) in [6.07, 6.45) is 4.23. The lowest BCUT2D eigenvalue weighted by molar-refractivity contribution is 0.0604. The van der Waals surface area contributed by atoms with Gasteiger partial charge in [-0.25, -0.2) is 0 Å². The fourth-order valence-electron chi connectivity index (χ4n) is 2.45. The summed E-state index contributed by atoms with van der Waals surface area (Å²) in [6, 6.07) is 1.98. The third kappa shape index (κ3) is 2.75. The van der Waals surface area contributed by atoms with Crippen molar-refractivity contribution >= 4 is 17.2 Å². The highest BCUT2D eigenvalue weighted by Crippen LogP contribution is 2.25. The van der Waals surface area contributed by atoms with Crippen molar-refractivity contribution in [1.82, 2.24) is 4.90 Å². The molecular weight excluding hydrogens is 246 g/mol. The van der Waals surface area contributed by atoms with Crippen molar-refractivity contribution < 1.29 is 9.90 Å². The van der Waals surface area contributed by atoms with Crippen LogP contribution >= 0.6 is 11.3 Å². The average Bonchev–Trinajstić information content (AvgIpc) is 2.58. The maximum atomic E-state index is 12.5. The SMILES string of the molecule is Cc1cc(C(=O)N2CCCCCC2CO)sc1C. The summed E-state index contributed by atoms with van der Waals surface area (Å²) in [7, 11) is 0. The van der Waals surface area contributed by atoms with Crippen LogP contribution in [0.15, 0.2) is 6.07 Å². The molecule has 2 heterocycles. The van der Waals surface area contributed by atoms with E-state index < -0.39 is 0 Å². The van der Waals surface area contributed by atoms with Gasteiger partial charge in [0, 0.05) is 11.4 Å². The van der Waals surface area contributed by atoms with Gasteiger partial charge in [0.25, 0.3) is 5.91 Å². The van der Waals surface area contributed by atoms with E-state index in [0.717, 1.165) is 37.1 Å². The Morgan fingerprint density at radius 2 is 2.22 bits per heavy atom. The zero-order chi connectivity index (χ0) is 13.1. The molecule has 18 heavy (non-hydrogen) atoms. The van der Waals surface area contributed by atoms with E-state index in [-0.39, 0.29) is 18.6 Å². The fourth-order valence-corrected chi connectivity index (χ4v) is 3.44. The summed E-state index contributed by atoms with van der Waals surface area (Å²) >= 11 is 1.56. The van der Waals surface area contributed by atoms with Crippen LogP contribution in [0.5, 0.6) is 0 Å². The summed E-state index contributed by atoms with van der Waals surface area (Å²) in [4.78, 5) is 16.4. The Morgan fingerprint density at radius 1 is 1.44 bits per heavy atom. The molecule has 1 unspecified atom stereocenters. The molecule has 1 aromatic heterocycles. The molecule has 4 heteroatoms. The Labute approximate surface area is 112 Å². The minimum absolute atomic E-state index is 0.00251. The quantitative estimate of drug-likeness (QED) is 0.895. The van der Waals surface area contributed by atoms with Crippen molar-refractivity contribution in [2.75, 3.05) is 13.2 Å². The van der Waals surface area contributed by atoms with Crippen LogP contribution in [0.2, 0.25) is 0 Å². The number of amides is 1. The van der Waals surface area contributed by atoms with E-state index >= 15 is 0 Å². The highest BCUT2D eigenvalue weighted by atomic mass is 32.1. The summed E-state index contributed by atoms with van der Waals surface area (Å²) < 4.78 is 0. The smallest absolute Gasteiger partial charge is 0.264 e. The molecule has 1 amide bonds. The second-order valence-electron chi connectivity index (χ2n) is 5.03. The molecule has 1 saturated heterocycles. The lowest BCUT2D eigenvalue weighted by Gasteiger charge is -2.28. The van der Waals surface area contributed by atoms with Crippen LogP contribution < -0.4 is 0 Å². The monoisotopic (exact) mass is 267 g/mol. The first-order chi connectivity index (χ1) is 8.63. The highest BCUT2D eigenvalue weighted by molar-refractivity contribution is 7.14. The van der Waals surface area contributed by atoms with Crippen molar-refractivity contribution in [3.05, 3.63) is 21.4 Å². The van der Waals surface area contributed by atoms with Gasteiger partial charge in [-0.15, -0.1) is 11.3 Å². The van der Waals surface area contributed by atoms with E-state index in [1.165, 1.54) is 10.4 Å². The lowest BCUT2D eigenvalue weighted by atomic mass is 10.1. The van der Waals surface area contributed by atoms with E-state index in [2.05, 4.69) is 0 Å². The molecule has 0 saturated carbocycles. The van der Waals surface area contributed by atoms with E-state index in [4.69, 9.17) is 0 Å². The van der Waals surface area contributed by atoms with E-state index in [1.807, 2.05) is 24.8 Å². The molecule has 0 aromatic carbocycles. The van der Waals surface area contributed by atoms with Crippen molar-refractivity contribution in [3.63, 3.8) is 0 Å². The number of aliphatic hydroxyl groups excluding tert-OH is 1. The van der Waals surface area contributed by atoms with Gasteiger partial charge in [0.2, 0.25) is 0 Å². The number of carbonyl (C=O) groups excluding carboxylic acids is 1. The van der Waals surface area contributed by atoms with Gasteiger partial charge in [-0.3, -0.25) is 4.79 Å². The average molecular weight is 267 g/mol. The number of hydrogen-bond acceptors (Lipinski definition) is 3. The van der Waals surface area contributed by atoms with Crippen LogP contribution in [0.3, 0.4) is 0 Å². The maximum Gasteiger partial charge on any atom is 0.264 e. The first kappa shape index (κ1) is 13.6. The standard InChI is InChI=1S/C14H21NO2S/c1-10-8-13(18-11(10)2)14(17)15-7-5-3-4-6-12(15)9-16/h8,12,16H,3-7,9H2,1-2H3. The Hall–Kier alpha value is -0.870. The van der Waals surface area contributed by atoms with Crippen LogP contribution in [0.1, 0.15) is 45.8 Å². The van der Waals surface area contributed by atoms with Crippen molar-refractivity contribution in [2.45, 2.75) is 45.6 Å². The Morgan fingerprint density at radius 3 is 2.83 bits per heavy atom. The zero-order valence-corrected chi connectivity index (χ0v) is 11.9. The predicted octanol–water partition coefficient (Wildman–Crippen LogP) is 2.74. The minimum Gasteiger partial charge on any atom is -0.394 e. The maximum absolute atomic E-state index is 12.5. The van der Waals surface area contributed by atoms with Crippen LogP contribution in [0.4, 0.5) is 0 Å². The van der Waals surface area contributed by atoms with Crippen molar-refractivity contribution in [3.8, 4) is 0 Å². The van der Waals surface area contributed by atoms with E-state index in [0.29, 0.717) is 0 Å². The van der Waals surface area contributed by atoms with Gasteiger partial charge in [-0.1, -0.05) is 12.8 Å². The molecule has 1 atom stereocenters. The Kier molecular flexibility index (Phi) is 4.40. The molecule has 1 aliphatic heterocycles. The normalized spacial score (nSPS) is 20.8. The first-order valence-electron chi connectivity index (χ1n) is 6.62. The minimum atomic E-state index is 0.00251. The number of rotatable bonds is 2. The molecule has 0 aliphatic carbocycles. The van der Waals surface area contributed by atoms with E-state index in [9.17, 15) is 9.90 Å². The summed E-state index contributed by atoms with van der Waals surface area (Å²) in [5.41, 5.74) is 1.18.